The third kappa shape index (κ3) is 3.49. The van der Waals surface area contributed by atoms with E-state index >= 15 is 0 Å². The Morgan fingerprint density at radius 1 is 1.25 bits per heavy atom. The van der Waals surface area contributed by atoms with Crippen LogP contribution in [0.5, 0.6) is 0 Å². The van der Waals surface area contributed by atoms with E-state index in [1.807, 2.05) is 45.0 Å². The Balaban J connectivity index is 3.23. The normalized spacial score (nSPS) is 12.6. The molecule has 0 heterocycles. The van der Waals surface area contributed by atoms with Gasteiger partial charge in [-0.1, -0.05) is 48.8 Å². The lowest BCUT2D eigenvalue weighted by Gasteiger charge is -2.23. The van der Waals surface area contributed by atoms with Crippen LogP contribution < -0.4 is 0 Å². The van der Waals surface area contributed by atoms with Crippen LogP contribution in [0.25, 0.3) is 5.57 Å². The second kappa shape index (κ2) is 4.83. The van der Waals surface area contributed by atoms with Crippen molar-refractivity contribution < 1.29 is 9.90 Å². The Morgan fingerprint density at radius 2 is 1.75 bits per heavy atom. The number of hydrogen-bond donors (Lipinski definition) is 1. The van der Waals surface area contributed by atoms with Crippen molar-refractivity contribution in [3.8, 4) is 0 Å². The molecule has 0 radical (unpaired) electrons. The van der Waals surface area contributed by atoms with Crippen LogP contribution in [-0.4, -0.2) is 11.1 Å². The molecule has 0 aliphatic rings. The predicted molar refractivity (Wildman–Crippen MR) is 69.2 cm³/mol. The smallest absolute Gasteiger partial charge is 0.328 e. The maximum atomic E-state index is 10.8. The molecule has 0 aliphatic carbocycles. The number of carboxylic acids is 1. The molecular formula is C13H15BrO2. The maximum Gasteiger partial charge on any atom is 0.328 e. The molecule has 86 valence electrons. The predicted octanol–water partition coefficient (Wildman–Crippen LogP) is 3.96. The number of carboxylic acid groups (broad SMARTS) is 1. The summed E-state index contributed by atoms with van der Waals surface area (Å²) in [6.45, 7) is 6.01. The zero-order valence-corrected chi connectivity index (χ0v) is 11.2. The lowest BCUT2D eigenvalue weighted by Crippen LogP contribution is -2.10. The summed E-state index contributed by atoms with van der Waals surface area (Å²) in [4.78, 5) is 10.8. The number of hydrogen-bond acceptors (Lipinski definition) is 1. The first-order valence-electron chi connectivity index (χ1n) is 5.02. The molecule has 3 heteroatoms. The molecule has 0 unspecified atom stereocenters. The Labute approximate surface area is 104 Å². The van der Waals surface area contributed by atoms with Gasteiger partial charge in [0, 0.05) is 10.5 Å². The number of halogens is 1. The molecule has 0 aromatic heterocycles. The van der Waals surface area contributed by atoms with Crippen molar-refractivity contribution in [2.45, 2.75) is 20.8 Å². The fourth-order valence-corrected chi connectivity index (χ4v) is 1.75. The molecule has 1 rings (SSSR count). The first-order valence-corrected chi connectivity index (χ1v) is 5.81. The van der Waals surface area contributed by atoms with Crippen molar-refractivity contribution in [2.24, 2.45) is 5.41 Å². The van der Waals surface area contributed by atoms with Crippen LogP contribution in [-0.2, 0) is 4.79 Å². The van der Waals surface area contributed by atoms with Crippen LogP contribution in [0.1, 0.15) is 26.3 Å². The molecule has 0 fully saturated rings. The summed E-state index contributed by atoms with van der Waals surface area (Å²) in [6, 6.07) is 7.67. The lowest BCUT2D eigenvalue weighted by atomic mass is 9.82. The largest absolute Gasteiger partial charge is 0.478 e. The van der Waals surface area contributed by atoms with Gasteiger partial charge >= 0.3 is 5.97 Å². The van der Waals surface area contributed by atoms with E-state index in [2.05, 4.69) is 15.9 Å². The van der Waals surface area contributed by atoms with E-state index < -0.39 is 5.97 Å². The minimum absolute atomic E-state index is 0.188. The summed E-state index contributed by atoms with van der Waals surface area (Å²) in [6.07, 6.45) is 1.28. The summed E-state index contributed by atoms with van der Waals surface area (Å²) in [5.74, 6) is -0.909. The number of allylic oxidation sites excluding steroid dienone is 1. The Hall–Kier alpha value is -1.09. The number of carbonyl (C=O) groups is 1. The Bertz CT molecular complexity index is 411. The van der Waals surface area contributed by atoms with Crippen LogP contribution in [0.15, 0.2) is 34.8 Å². The molecule has 0 aliphatic heterocycles. The molecular weight excluding hydrogens is 268 g/mol. The van der Waals surface area contributed by atoms with E-state index in [-0.39, 0.29) is 5.41 Å². The fraction of sp³-hybridized carbons (Fsp3) is 0.308. The van der Waals surface area contributed by atoms with Gasteiger partial charge in [-0.05, 0) is 28.7 Å². The summed E-state index contributed by atoms with van der Waals surface area (Å²) in [5, 5.41) is 8.88. The fourth-order valence-electron chi connectivity index (χ4n) is 1.49. The third-order valence-electron chi connectivity index (χ3n) is 2.23. The molecule has 1 aromatic rings. The molecule has 16 heavy (non-hydrogen) atoms. The van der Waals surface area contributed by atoms with E-state index in [0.717, 1.165) is 15.6 Å². The summed E-state index contributed by atoms with van der Waals surface area (Å²) in [5.41, 5.74) is 1.58. The Morgan fingerprint density at radius 3 is 2.12 bits per heavy atom. The zero-order chi connectivity index (χ0) is 12.3. The van der Waals surface area contributed by atoms with Crippen LogP contribution in [0.2, 0.25) is 0 Å². The maximum absolute atomic E-state index is 10.8. The van der Waals surface area contributed by atoms with Crippen molar-refractivity contribution in [3.63, 3.8) is 0 Å². The number of aliphatic carboxylic acids is 1. The number of rotatable bonds is 2. The van der Waals surface area contributed by atoms with Gasteiger partial charge in [0.15, 0.2) is 0 Å². The summed E-state index contributed by atoms with van der Waals surface area (Å²) in [7, 11) is 0. The Kier molecular flexibility index (Phi) is 3.92. The van der Waals surface area contributed by atoms with Gasteiger partial charge in [-0.15, -0.1) is 0 Å². The molecule has 0 atom stereocenters. The van der Waals surface area contributed by atoms with E-state index in [1.54, 1.807) is 0 Å². The highest BCUT2D eigenvalue weighted by atomic mass is 79.9. The van der Waals surface area contributed by atoms with Crippen molar-refractivity contribution in [1.82, 2.24) is 0 Å². The highest BCUT2D eigenvalue weighted by molar-refractivity contribution is 9.10. The summed E-state index contributed by atoms with van der Waals surface area (Å²) >= 11 is 3.36. The zero-order valence-electron chi connectivity index (χ0n) is 9.62. The van der Waals surface area contributed by atoms with Gasteiger partial charge in [-0.3, -0.25) is 0 Å². The topological polar surface area (TPSA) is 37.3 Å². The average molecular weight is 283 g/mol. The van der Waals surface area contributed by atoms with Crippen molar-refractivity contribution in [2.75, 3.05) is 0 Å². The second-order valence-electron chi connectivity index (χ2n) is 4.65. The van der Waals surface area contributed by atoms with Crippen molar-refractivity contribution >= 4 is 27.5 Å². The first-order chi connectivity index (χ1) is 7.30. The van der Waals surface area contributed by atoms with Gasteiger partial charge in [0.2, 0.25) is 0 Å². The molecule has 1 aromatic carbocycles. The van der Waals surface area contributed by atoms with Gasteiger partial charge < -0.3 is 5.11 Å². The first kappa shape index (κ1) is 13.0. The standard InChI is InChI=1S/C13H15BrO2/c1-13(2,3)11(8-12(15)16)9-4-6-10(14)7-5-9/h4-8H,1-3H3,(H,15,16)/b11-8-. The molecule has 0 spiro atoms. The monoisotopic (exact) mass is 282 g/mol. The quantitative estimate of drug-likeness (QED) is 0.834. The van der Waals surface area contributed by atoms with E-state index in [1.165, 1.54) is 6.08 Å². The van der Waals surface area contributed by atoms with E-state index in [0.29, 0.717) is 0 Å². The average Bonchev–Trinajstić information content (AvgIpc) is 2.14. The van der Waals surface area contributed by atoms with E-state index in [4.69, 9.17) is 5.11 Å². The number of benzene rings is 1. The molecule has 0 amide bonds. The van der Waals surface area contributed by atoms with Gasteiger partial charge in [-0.2, -0.15) is 0 Å². The highest BCUT2D eigenvalue weighted by Gasteiger charge is 2.19. The third-order valence-corrected chi connectivity index (χ3v) is 2.76. The van der Waals surface area contributed by atoms with Gasteiger partial charge in [0.1, 0.15) is 0 Å². The van der Waals surface area contributed by atoms with Crippen LogP contribution in [0.4, 0.5) is 0 Å². The van der Waals surface area contributed by atoms with Crippen LogP contribution in [0, 0.1) is 5.41 Å². The van der Waals surface area contributed by atoms with Crippen LogP contribution >= 0.6 is 15.9 Å². The molecule has 0 saturated carbocycles. The highest BCUT2D eigenvalue weighted by Crippen LogP contribution is 2.34. The molecule has 0 saturated heterocycles. The van der Waals surface area contributed by atoms with Crippen molar-refractivity contribution in [1.29, 1.82) is 0 Å². The summed E-state index contributed by atoms with van der Waals surface area (Å²) < 4.78 is 0.986. The molecule has 1 N–H and O–H groups in total. The molecule has 2 nitrogen and oxygen atoms in total. The minimum Gasteiger partial charge on any atom is -0.478 e. The van der Waals surface area contributed by atoms with Gasteiger partial charge in [0.25, 0.3) is 0 Å². The van der Waals surface area contributed by atoms with Crippen molar-refractivity contribution in [3.05, 3.63) is 40.4 Å². The van der Waals surface area contributed by atoms with Gasteiger partial charge in [0.05, 0.1) is 0 Å². The SMILES string of the molecule is CC(C)(C)/C(=C\C(=O)O)c1ccc(Br)cc1. The second-order valence-corrected chi connectivity index (χ2v) is 5.57. The molecule has 0 bridgehead atoms. The van der Waals surface area contributed by atoms with Gasteiger partial charge in [-0.25, -0.2) is 4.79 Å². The minimum atomic E-state index is -0.909. The van der Waals surface area contributed by atoms with E-state index in [9.17, 15) is 4.79 Å². The van der Waals surface area contributed by atoms with Crippen LogP contribution in [0.3, 0.4) is 0 Å². The lowest BCUT2D eigenvalue weighted by molar-refractivity contribution is -0.131.